The highest BCUT2D eigenvalue weighted by Gasteiger charge is 2.52. The lowest BCUT2D eigenvalue weighted by atomic mass is 9.74. The molecule has 1 N–H and O–H groups in total. The van der Waals surface area contributed by atoms with E-state index < -0.39 is 11.0 Å². The van der Waals surface area contributed by atoms with Gasteiger partial charge in [-0.15, -0.1) is 0 Å². The number of esters is 1. The average Bonchev–Trinajstić information content (AvgIpc) is 2.46. The number of nitrogens with zero attached hydrogens (tertiary/aromatic N) is 1. The molecule has 0 aliphatic carbocycles. The number of aliphatic hydroxyl groups is 1. The van der Waals surface area contributed by atoms with Gasteiger partial charge in [-0.25, -0.2) is 0 Å². The van der Waals surface area contributed by atoms with Crippen molar-refractivity contribution in [2.24, 2.45) is 5.41 Å². The Labute approximate surface area is 84.8 Å². The molecule has 0 amide bonds. The second-order valence-electron chi connectivity index (χ2n) is 4.64. The van der Waals surface area contributed by atoms with Gasteiger partial charge in [0.25, 0.3) is 0 Å². The average molecular weight is 201 g/mol. The lowest BCUT2D eigenvalue weighted by Crippen LogP contribution is -2.51. The third kappa shape index (κ3) is 1.64. The lowest BCUT2D eigenvalue weighted by molar-refractivity contribution is -0.166. The van der Waals surface area contributed by atoms with Crippen LogP contribution in [0, 0.1) is 5.41 Å². The molecular formula is C10H19NO3. The first-order valence-corrected chi connectivity index (χ1v) is 4.83. The number of β-amino-alcohol motifs (C(OH)–C–C–N with tert-alkyl or cyclic N) is 1. The van der Waals surface area contributed by atoms with E-state index in [0.29, 0.717) is 13.0 Å². The van der Waals surface area contributed by atoms with Crippen molar-refractivity contribution in [2.75, 3.05) is 27.2 Å². The molecule has 1 aliphatic heterocycles. The SMILES string of the molecule is COC(=O)C(C)(C)C1(O)CCN(C)C1. The molecule has 0 aromatic carbocycles. The summed E-state index contributed by atoms with van der Waals surface area (Å²) in [6, 6.07) is 0. The van der Waals surface area contributed by atoms with Crippen LogP contribution < -0.4 is 0 Å². The molecule has 1 rings (SSSR count). The van der Waals surface area contributed by atoms with E-state index in [1.165, 1.54) is 7.11 Å². The summed E-state index contributed by atoms with van der Waals surface area (Å²) < 4.78 is 4.71. The summed E-state index contributed by atoms with van der Waals surface area (Å²) in [4.78, 5) is 13.6. The van der Waals surface area contributed by atoms with Crippen molar-refractivity contribution in [3.8, 4) is 0 Å². The van der Waals surface area contributed by atoms with Gasteiger partial charge in [0.05, 0.1) is 18.1 Å². The van der Waals surface area contributed by atoms with Gasteiger partial charge in [0, 0.05) is 13.1 Å². The molecule has 82 valence electrons. The van der Waals surface area contributed by atoms with E-state index in [1.54, 1.807) is 13.8 Å². The Hall–Kier alpha value is -0.610. The molecule has 1 atom stereocenters. The van der Waals surface area contributed by atoms with Crippen LogP contribution in [0.3, 0.4) is 0 Å². The largest absolute Gasteiger partial charge is 0.469 e. The summed E-state index contributed by atoms with van der Waals surface area (Å²) in [7, 11) is 3.29. The van der Waals surface area contributed by atoms with Crippen molar-refractivity contribution in [2.45, 2.75) is 25.9 Å². The van der Waals surface area contributed by atoms with Gasteiger partial charge in [-0.2, -0.15) is 0 Å². The van der Waals surface area contributed by atoms with Gasteiger partial charge >= 0.3 is 5.97 Å². The number of methoxy groups -OCH3 is 1. The van der Waals surface area contributed by atoms with E-state index in [0.717, 1.165) is 6.54 Å². The molecule has 1 heterocycles. The Morgan fingerprint density at radius 2 is 2.14 bits per heavy atom. The molecule has 0 aromatic rings. The molecule has 1 fully saturated rings. The topological polar surface area (TPSA) is 49.8 Å². The van der Waals surface area contributed by atoms with Crippen molar-refractivity contribution in [1.29, 1.82) is 0 Å². The van der Waals surface area contributed by atoms with Crippen LogP contribution in [0.4, 0.5) is 0 Å². The normalized spacial score (nSPS) is 29.2. The summed E-state index contributed by atoms with van der Waals surface area (Å²) in [5.41, 5.74) is -1.80. The van der Waals surface area contributed by atoms with E-state index in [1.807, 2.05) is 11.9 Å². The number of carbonyl (C=O) groups is 1. The summed E-state index contributed by atoms with van der Waals surface area (Å²) in [5.74, 6) is -0.352. The Morgan fingerprint density at radius 3 is 2.50 bits per heavy atom. The minimum absolute atomic E-state index is 0.352. The maximum atomic E-state index is 11.5. The monoisotopic (exact) mass is 201 g/mol. The van der Waals surface area contributed by atoms with E-state index in [-0.39, 0.29) is 5.97 Å². The maximum absolute atomic E-state index is 11.5. The summed E-state index contributed by atoms with van der Waals surface area (Å²) in [5, 5.41) is 10.3. The number of ether oxygens (including phenoxy) is 1. The van der Waals surface area contributed by atoms with Crippen LogP contribution in [0.5, 0.6) is 0 Å². The molecule has 4 heteroatoms. The molecule has 1 aliphatic rings. The van der Waals surface area contributed by atoms with Crippen LogP contribution >= 0.6 is 0 Å². The fourth-order valence-corrected chi connectivity index (χ4v) is 1.94. The first-order chi connectivity index (χ1) is 6.33. The molecule has 1 saturated heterocycles. The van der Waals surface area contributed by atoms with Crippen LogP contribution in [0.2, 0.25) is 0 Å². The summed E-state index contributed by atoms with van der Waals surface area (Å²) in [6.07, 6.45) is 0.617. The zero-order valence-electron chi connectivity index (χ0n) is 9.33. The summed E-state index contributed by atoms with van der Waals surface area (Å²) in [6.45, 7) is 4.81. The van der Waals surface area contributed by atoms with Gasteiger partial charge in [-0.1, -0.05) is 0 Å². The number of carbonyl (C=O) groups excluding carboxylic acids is 1. The number of likely N-dealkylation sites (tertiary alicyclic amines) is 1. The molecule has 0 bridgehead atoms. The zero-order valence-corrected chi connectivity index (χ0v) is 9.33. The van der Waals surface area contributed by atoms with Crippen LogP contribution in [0.15, 0.2) is 0 Å². The van der Waals surface area contributed by atoms with Gasteiger partial charge < -0.3 is 14.7 Å². The van der Waals surface area contributed by atoms with E-state index in [9.17, 15) is 9.90 Å². The Balaban J connectivity index is 2.86. The predicted molar refractivity (Wildman–Crippen MR) is 52.9 cm³/mol. The fraction of sp³-hybridized carbons (Fsp3) is 0.900. The molecule has 0 radical (unpaired) electrons. The number of rotatable bonds is 2. The number of likely N-dealkylation sites (N-methyl/N-ethyl adjacent to an activating group) is 1. The molecule has 14 heavy (non-hydrogen) atoms. The number of hydrogen-bond donors (Lipinski definition) is 1. The first-order valence-electron chi connectivity index (χ1n) is 4.83. The Kier molecular flexibility index (Phi) is 2.88. The second kappa shape index (κ2) is 3.51. The highest BCUT2D eigenvalue weighted by molar-refractivity contribution is 5.77. The molecule has 4 nitrogen and oxygen atoms in total. The predicted octanol–water partition coefficient (Wildman–Crippen LogP) is 0.252. The Morgan fingerprint density at radius 1 is 1.57 bits per heavy atom. The van der Waals surface area contributed by atoms with Gasteiger partial charge in [-0.3, -0.25) is 4.79 Å². The zero-order chi connectivity index (χ0) is 11.0. The van der Waals surface area contributed by atoms with Crippen LogP contribution in [-0.2, 0) is 9.53 Å². The van der Waals surface area contributed by atoms with Crippen molar-refractivity contribution in [3.05, 3.63) is 0 Å². The van der Waals surface area contributed by atoms with Gasteiger partial charge in [-0.05, 0) is 27.3 Å². The van der Waals surface area contributed by atoms with E-state index in [2.05, 4.69) is 0 Å². The first kappa shape index (κ1) is 11.5. The van der Waals surface area contributed by atoms with E-state index >= 15 is 0 Å². The molecule has 1 unspecified atom stereocenters. The molecule has 0 spiro atoms. The van der Waals surface area contributed by atoms with Crippen LogP contribution in [0.1, 0.15) is 20.3 Å². The van der Waals surface area contributed by atoms with Crippen molar-refractivity contribution >= 4 is 5.97 Å². The minimum Gasteiger partial charge on any atom is -0.469 e. The number of hydrogen-bond acceptors (Lipinski definition) is 4. The minimum atomic E-state index is -0.963. The van der Waals surface area contributed by atoms with Crippen molar-refractivity contribution in [3.63, 3.8) is 0 Å². The standard InChI is InChI=1S/C10H19NO3/c1-9(2,8(12)14-4)10(13)5-6-11(3)7-10/h13H,5-7H2,1-4H3. The third-order valence-corrected chi connectivity index (χ3v) is 3.30. The van der Waals surface area contributed by atoms with Crippen molar-refractivity contribution in [1.82, 2.24) is 4.90 Å². The second-order valence-corrected chi connectivity index (χ2v) is 4.64. The lowest BCUT2D eigenvalue weighted by Gasteiger charge is -2.37. The van der Waals surface area contributed by atoms with Gasteiger partial charge in [0.2, 0.25) is 0 Å². The summed E-state index contributed by atoms with van der Waals surface area (Å²) >= 11 is 0. The van der Waals surface area contributed by atoms with Crippen molar-refractivity contribution < 1.29 is 14.6 Å². The van der Waals surface area contributed by atoms with E-state index in [4.69, 9.17) is 4.74 Å². The van der Waals surface area contributed by atoms with Crippen LogP contribution in [-0.4, -0.2) is 48.8 Å². The fourth-order valence-electron chi connectivity index (χ4n) is 1.94. The third-order valence-electron chi connectivity index (χ3n) is 3.30. The quantitative estimate of drug-likeness (QED) is 0.651. The smallest absolute Gasteiger partial charge is 0.314 e. The molecule has 0 aromatic heterocycles. The highest BCUT2D eigenvalue weighted by Crippen LogP contribution is 2.38. The molecule has 0 saturated carbocycles. The molecular weight excluding hydrogens is 182 g/mol. The maximum Gasteiger partial charge on any atom is 0.314 e. The van der Waals surface area contributed by atoms with Gasteiger partial charge in [0.1, 0.15) is 0 Å². The van der Waals surface area contributed by atoms with Crippen LogP contribution in [0.25, 0.3) is 0 Å². The van der Waals surface area contributed by atoms with Gasteiger partial charge in [0.15, 0.2) is 0 Å². The Bertz CT molecular complexity index is 240. The highest BCUT2D eigenvalue weighted by atomic mass is 16.5.